The van der Waals surface area contributed by atoms with Crippen LogP contribution in [0.4, 0.5) is 4.39 Å². The molecule has 0 fully saturated rings. The number of aromatic hydroxyl groups is 1. The van der Waals surface area contributed by atoms with Gasteiger partial charge >= 0.3 is 5.97 Å². The number of aldehydes is 1. The number of aromatic nitrogens is 3. The molecular formula is C19H18FN3O5. The van der Waals surface area contributed by atoms with Crippen molar-refractivity contribution in [2.45, 2.75) is 25.9 Å². The molecule has 0 spiro atoms. The van der Waals surface area contributed by atoms with Gasteiger partial charge in [0.05, 0.1) is 11.3 Å². The highest BCUT2D eigenvalue weighted by molar-refractivity contribution is 5.83. The zero-order chi connectivity index (χ0) is 20.5. The van der Waals surface area contributed by atoms with Gasteiger partial charge in [-0.05, 0) is 38.1 Å². The van der Waals surface area contributed by atoms with Crippen LogP contribution in [0, 0.1) is 5.82 Å². The maximum absolute atomic E-state index is 14.6. The minimum atomic E-state index is -3.19. The van der Waals surface area contributed by atoms with Gasteiger partial charge in [-0.25, -0.2) is 4.39 Å². The van der Waals surface area contributed by atoms with E-state index in [1.165, 1.54) is 35.3 Å². The summed E-state index contributed by atoms with van der Waals surface area (Å²) in [5.41, 5.74) is -0.721. The summed E-state index contributed by atoms with van der Waals surface area (Å²) in [6.45, 7) is 3.69. The van der Waals surface area contributed by atoms with Gasteiger partial charge in [0, 0.05) is 18.4 Å². The maximum Gasteiger partial charge on any atom is 0.356 e. The summed E-state index contributed by atoms with van der Waals surface area (Å²) in [5, 5.41) is 35.0. The number of hydrogen-bond acceptors (Lipinski definition) is 7. The molecule has 0 unspecified atom stereocenters. The summed E-state index contributed by atoms with van der Waals surface area (Å²) in [6, 6.07) is 6.18. The van der Waals surface area contributed by atoms with Crippen molar-refractivity contribution < 1.29 is 29.2 Å². The first-order chi connectivity index (χ1) is 13.3. The molecule has 2 aromatic heterocycles. The molecule has 0 saturated heterocycles. The Morgan fingerprint density at radius 3 is 2.64 bits per heavy atom. The molecule has 9 heteroatoms. The molecule has 0 bridgehead atoms. The topological polar surface area (TPSA) is 118 Å². The van der Waals surface area contributed by atoms with E-state index in [2.05, 4.69) is 10.1 Å². The van der Waals surface area contributed by atoms with Crippen LogP contribution in [-0.2, 0) is 5.97 Å². The number of benzene rings is 1. The highest BCUT2D eigenvalue weighted by Crippen LogP contribution is 2.35. The fourth-order valence-corrected chi connectivity index (χ4v) is 2.80. The highest BCUT2D eigenvalue weighted by atomic mass is 19.1. The Labute approximate surface area is 159 Å². The molecule has 3 N–H and O–H groups in total. The molecule has 0 radical (unpaired) electrons. The Morgan fingerprint density at radius 1 is 1.21 bits per heavy atom. The predicted molar refractivity (Wildman–Crippen MR) is 96.0 cm³/mol. The summed E-state index contributed by atoms with van der Waals surface area (Å²) in [6.07, 6.45) is 2.94. The number of hydrogen-bond donors (Lipinski definition) is 3. The first-order valence-electron chi connectivity index (χ1n) is 8.36. The van der Waals surface area contributed by atoms with E-state index in [0.29, 0.717) is 5.69 Å². The Bertz CT molecular complexity index is 1020. The van der Waals surface area contributed by atoms with Gasteiger partial charge in [0.2, 0.25) is 0 Å². The fraction of sp³-hybridized carbons (Fsp3) is 0.211. The van der Waals surface area contributed by atoms with Crippen LogP contribution >= 0.6 is 0 Å². The molecule has 2 heterocycles. The largest absolute Gasteiger partial charge is 0.507 e. The van der Waals surface area contributed by atoms with Crippen molar-refractivity contribution in [2.75, 3.05) is 0 Å². The van der Waals surface area contributed by atoms with E-state index in [4.69, 9.17) is 4.74 Å². The standard InChI is InChI=1S/C19H18FN3O5/c1-11(2)23-14(7-9-22-23)18-17(13(20)6-8-21-18)19(26,27)28-16-5-3-4-15(25)12(16)10-24/h3-11,25-27H,1-2H3. The predicted octanol–water partition coefficient (Wildman–Crippen LogP) is 2.36. The lowest BCUT2D eigenvalue weighted by atomic mass is 10.1. The normalized spacial score (nSPS) is 11.6. The van der Waals surface area contributed by atoms with Crippen LogP contribution in [0.15, 0.2) is 42.7 Å². The second-order valence-electron chi connectivity index (χ2n) is 6.29. The van der Waals surface area contributed by atoms with Gasteiger partial charge in [-0.15, -0.1) is 0 Å². The molecule has 0 saturated carbocycles. The van der Waals surface area contributed by atoms with Crippen molar-refractivity contribution in [3.05, 3.63) is 59.7 Å². The van der Waals surface area contributed by atoms with Crippen molar-refractivity contribution in [3.8, 4) is 22.9 Å². The maximum atomic E-state index is 14.6. The molecule has 146 valence electrons. The van der Waals surface area contributed by atoms with Gasteiger partial charge in [0.25, 0.3) is 0 Å². The van der Waals surface area contributed by atoms with Gasteiger partial charge in [-0.1, -0.05) is 6.07 Å². The third-order valence-corrected chi connectivity index (χ3v) is 4.04. The fourth-order valence-electron chi connectivity index (χ4n) is 2.80. The Morgan fingerprint density at radius 2 is 1.96 bits per heavy atom. The minimum Gasteiger partial charge on any atom is -0.507 e. The number of phenolic OH excluding ortho intramolecular Hbond substituents is 1. The Kier molecular flexibility index (Phi) is 5.12. The van der Waals surface area contributed by atoms with Crippen LogP contribution in [-0.4, -0.2) is 36.4 Å². The smallest absolute Gasteiger partial charge is 0.356 e. The lowest BCUT2D eigenvalue weighted by Gasteiger charge is -2.26. The summed E-state index contributed by atoms with van der Waals surface area (Å²) in [7, 11) is 0. The number of pyridine rings is 1. The molecule has 3 rings (SSSR count). The van der Waals surface area contributed by atoms with E-state index >= 15 is 0 Å². The molecule has 0 atom stereocenters. The van der Waals surface area contributed by atoms with Gasteiger partial charge in [-0.3, -0.25) is 14.5 Å². The first-order valence-corrected chi connectivity index (χ1v) is 8.36. The van der Waals surface area contributed by atoms with E-state index in [1.807, 2.05) is 13.8 Å². The van der Waals surface area contributed by atoms with E-state index in [-0.39, 0.29) is 29.3 Å². The van der Waals surface area contributed by atoms with E-state index < -0.39 is 23.1 Å². The number of ether oxygens (including phenoxy) is 1. The second kappa shape index (κ2) is 7.37. The van der Waals surface area contributed by atoms with Crippen molar-refractivity contribution >= 4 is 6.29 Å². The Balaban J connectivity index is 2.14. The lowest BCUT2D eigenvalue weighted by Crippen LogP contribution is -2.35. The number of carbonyl (C=O) groups excluding carboxylic acids is 1. The quantitative estimate of drug-likeness (QED) is 0.439. The summed E-state index contributed by atoms with van der Waals surface area (Å²) < 4.78 is 21.3. The van der Waals surface area contributed by atoms with Gasteiger partial charge < -0.3 is 20.1 Å². The molecular weight excluding hydrogens is 369 g/mol. The number of halogens is 1. The summed E-state index contributed by atoms with van der Waals surface area (Å²) in [5.74, 6) is -4.94. The van der Waals surface area contributed by atoms with Crippen LogP contribution in [0.5, 0.6) is 11.5 Å². The van der Waals surface area contributed by atoms with Gasteiger partial charge in [0.1, 0.15) is 28.6 Å². The van der Waals surface area contributed by atoms with E-state index in [1.54, 1.807) is 6.07 Å². The van der Waals surface area contributed by atoms with Crippen molar-refractivity contribution in [1.82, 2.24) is 14.8 Å². The van der Waals surface area contributed by atoms with Crippen LogP contribution in [0.3, 0.4) is 0 Å². The lowest BCUT2D eigenvalue weighted by molar-refractivity contribution is -0.305. The van der Waals surface area contributed by atoms with Gasteiger partial charge in [-0.2, -0.15) is 5.10 Å². The van der Waals surface area contributed by atoms with Gasteiger partial charge in [0.15, 0.2) is 6.29 Å². The van der Waals surface area contributed by atoms with Crippen molar-refractivity contribution in [3.63, 3.8) is 0 Å². The minimum absolute atomic E-state index is 0.0935. The number of aliphatic hydroxyl groups is 2. The number of phenols is 1. The van der Waals surface area contributed by atoms with Crippen molar-refractivity contribution in [2.24, 2.45) is 0 Å². The molecule has 8 nitrogen and oxygen atoms in total. The molecule has 3 aromatic rings. The van der Waals surface area contributed by atoms with Crippen LogP contribution in [0.25, 0.3) is 11.4 Å². The number of nitrogens with zero attached hydrogens (tertiary/aromatic N) is 3. The number of rotatable bonds is 6. The van der Waals surface area contributed by atoms with E-state index in [9.17, 15) is 24.5 Å². The van der Waals surface area contributed by atoms with Crippen molar-refractivity contribution in [1.29, 1.82) is 0 Å². The van der Waals surface area contributed by atoms with Crippen LogP contribution in [0.2, 0.25) is 0 Å². The molecule has 0 aliphatic rings. The molecule has 0 aliphatic heterocycles. The molecule has 0 aliphatic carbocycles. The second-order valence-corrected chi connectivity index (χ2v) is 6.29. The average molecular weight is 387 g/mol. The SMILES string of the molecule is CC(C)n1nccc1-c1nccc(F)c1C(O)(O)Oc1cccc(O)c1C=O. The summed E-state index contributed by atoms with van der Waals surface area (Å²) >= 11 is 0. The number of carbonyl (C=O) groups is 1. The zero-order valence-corrected chi connectivity index (χ0v) is 15.1. The third kappa shape index (κ3) is 3.45. The van der Waals surface area contributed by atoms with Crippen LogP contribution < -0.4 is 4.74 Å². The van der Waals surface area contributed by atoms with Crippen LogP contribution in [0.1, 0.15) is 35.8 Å². The highest BCUT2D eigenvalue weighted by Gasteiger charge is 2.38. The third-order valence-electron chi connectivity index (χ3n) is 4.04. The Hall–Kier alpha value is -3.30. The van der Waals surface area contributed by atoms with E-state index in [0.717, 1.165) is 6.07 Å². The molecule has 1 aromatic carbocycles. The molecule has 0 amide bonds. The average Bonchev–Trinajstić information content (AvgIpc) is 3.11. The molecule has 28 heavy (non-hydrogen) atoms. The zero-order valence-electron chi connectivity index (χ0n) is 15.1. The summed E-state index contributed by atoms with van der Waals surface area (Å²) in [4.78, 5) is 15.3. The first kappa shape index (κ1) is 19.5. The monoisotopic (exact) mass is 387 g/mol.